The van der Waals surface area contributed by atoms with Gasteiger partial charge in [-0.25, -0.2) is 21.2 Å². The van der Waals surface area contributed by atoms with Gasteiger partial charge in [0.25, 0.3) is 5.91 Å². The van der Waals surface area contributed by atoms with Crippen LogP contribution in [0.3, 0.4) is 0 Å². The fourth-order valence-corrected chi connectivity index (χ4v) is 6.69. The minimum absolute atomic E-state index is 0.0240. The fourth-order valence-electron chi connectivity index (χ4n) is 3.41. The van der Waals surface area contributed by atoms with E-state index in [-0.39, 0.29) is 30.2 Å². The third-order valence-electron chi connectivity index (χ3n) is 4.88. The van der Waals surface area contributed by atoms with Gasteiger partial charge in [0.1, 0.15) is 10.7 Å². The van der Waals surface area contributed by atoms with Gasteiger partial charge >= 0.3 is 0 Å². The Hall–Kier alpha value is -1.52. The maximum absolute atomic E-state index is 14.3. The number of amides is 1. The number of nitrogens with zero attached hydrogens (tertiary/aromatic N) is 2. The average molecular weight is 435 g/mol. The highest BCUT2D eigenvalue weighted by atomic mass is 32.2. The molecule has 1 aliphatic rings. The Morgan fingerprint density at radius 3 is 2.36 bits per heavy atom. The average Bonchev–Trinajstić information content (AvgIpc) is 2.99. The van der Waals surface area contributed by atoms with Gasteiger partial charge in [-0.1, -0.05) is 20.8 Å². The van der Waals surface area contributed by atoms with Crippen LogP contribution >= 0.6 is 0 Å². The third kappa shape index (κ3) is 4.72. The fraction of sp³-hybridized carbons (Fsp3) is 0.611. The summed E-state index contributed by atoms with van der Waals surface area (Å²) in [4.78, 5) is 14.0. The molecule has 1 fully saturated rings. The first-order chi connectivity index (χ1) is 13.1. The zero-order chi connectivity index (χ0) is 21.1. The Bertz CT molecular complexity index is 927. The van der Waals surface area contributed by atoms with Gasteiger partial charge < -0.3 is 4.90 Å². The van der Waals surface area contributed by atoms with E-state index in [1.54, 1.807) is 13.8 Å². The number of rotatable bonds is 8. The summed E-state index contributed by atoms with van der Waals surface area (Å²) in [6, 6.07) is 2.81. The van der Waals surface area contributed by atoms with Gasteiger partial charge in [0.05, 0.1) is 11.5 Å². The zero-order valence-corrected chi connectivity index (χ0v) is 18.0. The van der Waals surface area contributed by atoms with Crippen LogP contribution in [0, 0.1) is 5.82 Å². The van der Waals surface area contributed by atoms with Gasteiger partial charge in [0, 0.05) is 31.2 Å². The molecule has 2 rings (SSSR count). The summed E-state index contributed by atoms with van der Waals surface area (Å²) < 4.78 is 64.5. The lowest BCUT2D eigenvalue weighted by Crippen LogP contribution is -2.41. The summed E-state index contributed by atoms with van der Waals surface area (Å²) >= 11 is 0. The van der Waals surface area contributed by atoms with Crippen LogP contribution in [0.1, 0.15) is 44.0 Å². The van der Waals surface area contributed by atoms with Gasteiger partial charge in [0.15, 0.2) is 9.84 Å². The molecule has 1 aromatic rings. The van der Waals surface area contributed by atoms with Crippen LogP contribution in [0.4, 0.5) is 4.39 Å². The molecule has 1 aromatic carbocycles. The van der Waals surface area contributed by atoms with Crippen LogP contribution in [0.5, 0.6) is 0 Å². The Labute approximate surface area is 166 Å². The smallest absolute Gasteiger partial charge is 0.254 e. The van der Waals surface area contributed by atoms with Crippen molar-refractivity contribution in [2.75, 3.05) is 31.1 Å². The van der Waals surface area contributed by atoms with Gasteiger partial charge in [0.2, 0.25) is 10.0 Å². The monoisotopic (exact) mass is 434 g/mol. The molecular weight excluding hydrogens is 407 g/mol. The van der Waals surface area contributed by atoms with E-state index in [2.05, 4.69) is 0 Å². The van der Waals surface area contributed by atoms with Crippen LogP contribution in [0.25, 0.3) is 0 Å². The lowest BCUT2D eigenvalue weighted by Gasteiger charge is -2.28. The van der Waals surface area contributed by atoms with E-state index in [0.717, 1.165) is 16.4 Å². The lowest BCUT2D eigenvalue weighted by molar-refractivity contribution is 0.0696. The molecule has 28 heavy (non-hydrogen) atoms. The summed E-state index contributed by atoms with van der Waals surface area (Å²) in [5.41, 5.74) is 0.0323. The molecule has 1 heterocycles. The zero-order valence-electron chi connectivity index (χ0n) is 16.4. The topological polar surface area (TPSA) is 91.8 Å². The van der Waals surface area contributed by atoms with Gasteiger partial charge in [-0.15, -0.1) is 0 Å². The number of sulfone groups is 1. The number of carbonyl (C=O) groups is 1. The number of hydrogen-bond acceptors (Lipinski definition) is 5. The van der Waals surface area contributed by atoms with E-state index in [9.17, 15) is 26.0 Å². The second-order valence-electron chi connectivity index (χ2n) is 6.79. The quantitative estimate of drug-likeness (QED) is 0.623. The first kappa shape index (κ1) is 22.8. The molecule has 158 valence electrons. The van der Waals surface area contributed by atoms with Crippen molar-refractivity contribution in [1.82, 2.24) is 9.21 Å². The maximum Gasteiger partial charge on any atom is 0.254 e. The van der Waals surface area contributed by atoms with E-state index in [1.165, 1.54) is 11.0 Å². The van der Waals surface area contributed by atoms with Crippen molar-refractivity contribution in [2.24, 2.45) is 0 Å². The van der Waals surface area contributed by atoms with E-state index in [4.69, 9.17) is 0 Å². The molecule has 1 atom stereocenters. The summed E-state index contributed by atoms with van der Waals surface area (Å²) in [6.07, 6.45) is 0.966. The van der Waals surface area contributed by atoms with E-state index < -0.39 is 42.5 Å². The number of hydrogen-bond donors (Lipinski definition) is 0. The predicted molar refractivity (Wildman–Crippen MR) is 105 cm³/mol. The van der Waals surface area contributed by atoms with Crippen molar-refractivity contribution in [1.29, 1.82) is 0 Å². The summed E-state index contributed by atoms with van der Waals surface area (Å²) in [5.74, 6) is -1.49. The molecule has 10 heteroatoms. The van der Waals surface area contributed by atoms with Crippen LogP contribution in [-0.2, 0) is 19.9 Å². The van der Waals surface area contributed by atoms with Crippen LogP contribution in [0.2, 0.25) is 0 Å². The molecule has 1 saturated heterocycles. The number of benzene rings is 1. The molecule has 0 radical (unpaired) electrons. The third-order valence-corrected chi connectivity index (χ3v) is 8.69. The molecule has 1 amide bonds. The summed E-state index contributed by atoms with van der Waals surface area (Å²) in [7, 11) is -7.26. The number of carbonyl (C=O) groups excluding carboxylic acids is 1. The Morgan fingerprint density at radius 2 is 1.86 bits per heavy atom. The van der Waals surface area contributed by atoms with Crippen LogP contribution in [0.15, 0.2) is 23.1 Å². The largest absolute Gasteiger partial charge is 0.335 e. The standard InChI is InChI=1S/C18H27FN2O5S2/c1-4-10-21(15-9-11-27(23,24)13-15)18(22)14-7-8-16(19)17(12-14)28(25,26)20(5-2)6-3/h7-8,12,15H,4-6,9-11,13H2,1-3H3. The van der Waals surface area contributed by atoms with Crippen LogP contribution < -0.4 is 0 Å². The van der Waals surface area contributed by atoms with Crippen molar-refractivity contribution in [3.05, 3.63) is 29.6 Å². The van der Waals surface area contributed by atoms with Crippen molar-refractivity contribution < 1.29 is 26.0 Å². The second kappa shape index (κ2) is 8.87. The van der Waals surface area contributed by atoms with Crippen molar-refractivity contribution >= 4 is 25.8 Å². The molecule has 0 N–H and O–H groups in total. The first-order valence-corrected chi connectivity index (χ1v) is 12.6. The SMILES string of the molecule is CCCN(C(=O)c1ccc(F)c(S(=O)(=O)N(CC)CC)c1)C1CCS(=O)(=O)C1. The van der Waals surface area contributed by atoms with Crippen molar-refractivity contribution in [3.63, 3.8) is 0 Å². The molecule has 0 aromatic heterocycles. The Balaban J connectivity index is 2.42. The summed E-state index contributed by atoms with van der Waals surface area (Å²) in [6.45, 7) is 5.87. The lowest BCUT2D eigenvalue weighted by atomic mass is 10.1. The number of sulfonamides is 1. The first-order valence-electron chi connectivity index (χ1n) is 9.38. The van der Waals surface area contributed by atoms with E-state index in [0.29, 0.717) is 19.4 Å². The molecule has 7 nitrogen and oxygen atoms in total. The highest BCUT2D eigenvalue weighted by molar-refractivity contribution is 7.91. The second-order valence-corrected chi connectivity index (χ2v) is 10.9. The molecule has 1 aliphatic heterocycles. The molecule has 0 spiro atoms. The van der Waals surface area contributed by atoms with Gasteiger partial charge in [-0.2, -0.15) is 4.31 Å². The highest BCUT2D eigenvalue weighted by Gasteiger charge is 2.35. The minimum atomic E-state index is -4.07. The molecule has 0 saturated carbocycles. The molecule has 1 unspecified atom stereocenters. The normalized spacial score (nSPS) is 19.1. The maximum atomic E-state index is 14.3. The Kier molecular flexibility index (Phi) is 7.22. The van der Waals surface area contributed by atoms with Gasteiger partial charge in [-0.05, 0) is 31.0 Å². The summed E-state index contributed by atoms with van der Waals surface area (Å²) in [5, 5.41) is 0. The number of halogens is 1. The van der Waals surface area contributed by atoms with Crippen molar-refractivity contribution in [3.8, 4) is 0 Å². The highest BCUT2D eigenvalue weighted by Crippen LogP contribution is 2.24. The predicted octanol–water partition coefficient (Wildman–Crippen LogP) is 1.90. The minimum Gasteiger partial charge on any atom is -0.335 e. The molecule has 0 aliphatic carbocycles. The molecule has 0 bridgehead atoms. The van der Waals surface area contributed by atoms with Gasteiger partial charge in [-0.3, -0.25) is 4.79 Å². The Morgan fingerprint density at radius 1 is 1.21 bits per heavy atom. The molecular formula is C18H27FN2O5S2. The van der Waals surface area contributed by atoms with Crippen LogP contribution in [-0.4, -0.2) is 69.1 Å². The van der Waals surface area contributed by atoms with E-state index >= 15 is 0 Å². The van der Waals surface area contributed by atoms with Crippen molar-refractivity contribution in [2.45, 2.75) is 44.6 Å². The van der Waals surface area contributed by atoms with E-state index in [1.807, 2.05) is 6.92 Å².